The summed E-state index contributed by atoms with van der Waals surface area (Å²) in [6.07, 6.45) is 1.77. The Bertz CT molecular complexity index is 499. The molecule has 0 aliphatic heterocycles. The Morgan fingerprint density at radius 2 is 1.94 bits per heavy atom. The lowest BCUT2D eigenvalue weighted by Crippen LogP contribution is -1.93. The highest BCUT2D eigenvalue weighted by Crippen LogP contribution is 2.26. The zero-order valence-electron chi connectivity index (χ0n) is 8.64. The van der Waals surface area contributed by atoms with E-state index in [4.69, 9.17) is 5.73 Å². The molecule has 0 saturated carbocycles. The molecule has 0 fully saturated rings. The highest BCUT2D eigenvalue weighted by Gasteiger charge is 2.02. The van der Waals surface area contributed by atoms with Crippen molar-refractivity contribution in [1.29, 1.82) is 0 Å². The van der Waals surface area contributed by atoms with Gasteiger partial charge in [0.1, 0.15) is 10.1 Å². The molecule has 0 bridgehead atoms. The van der Waals surface area contributed by atoms with Gasteiger partial charge in [0.25, 0.3) is 0 Å². The van der Waals surface area contributed by atoms with Crippen LogP contribution in [0.15, 0.2) is 45.0 Å². The number of nitrogens with two attached hydrogens (primary N) is 1. The number of pyridine rings is 2. The summed E-state index contributed by atoms with van der Waals surface area (Å²) in [5, 5.41) is 1.82. The summed E-state index contributed by atoms with van der Waals surface area (Å²) in [4.78, 5) is 8.65. The summed E-state index contributed by atoms with van der Waals surface area (Å²) < 4.78 is 0.971. The molecule has 0 unspecified atom stereocenters. The predicted molar refractivity (Wildman–Crippen MR) is 69.4 cm³/mol. The van der Waals surface area contributed by atoms with Crippen molar-refractivity contribution >= 4 is 33.4 Å². The maximum absolute atomic E-state index is 5.71. The standard InChI is InChI=1S/C11H10BrN3S/c1-7-9(13)3-5-11(15-7)16-10-4-2-8(12)6-14-10/h2-6H,13H2,1H3. The first-order valence-corrected chi connectivity index (χ1v) is 6.28. The van der Waals surface area contributed by atoms with E-state index in [0.29, 0.717) is 5.69 Å². The number of nitrogens with zero attached hydrogens (tertiary/aromatic N) is 2. The van der Waals surface area contributed by atoms with Gasteiger partial charge in [0.05, 0.1) is 11.4 Å². The van der Waals surface area contributed by atoms with Crippen LogP contribution in [0.1, 0.15) is 5.69 Å². The van der Waals surface area contributed by atoms with Gasteiger partial charge in [-0.25, -0.2) is 9.97 Å². The molecule has 0 aliphatic carbocycles. The molecule has 0 amide bonds. The van der Waals surface area contributed by atoms with E-state index in [2.05, 4.69) is 25.9 Å². The van der Waals surface area contributed by atoms with Gasteiger partial charge in [0.15, 0.2) is 0 Å². The van der Waals surface area contributed by atoms with Crippen molar-refractivity contribution in [3.8, 4) is 0 Å². The second-order valence-corrected chi connectivity index (χ2v) is 5.20. The lowest BCUT2D eigenvalue weighted by Gasteiger charge is -2.03. The second kappa shape index (κ2) is 4.84. The smallest absolute Gasteiger partial charge is 0.103 e. The van der Waals surface area contributed by atoms with Crippen LogP contribution in [0.4, 0.5) is 5.69 Å². The second-order valence-electron chi connectivity index (χ2n) is 3.24. The molecule has 2 N–H and O–H groups in total. The maximum Gasteiger partial charge on any atom is 0.103 e. The summed E-state index contributed by atoms with van der Waals surface area (Å²) in [5.74, 6) is 0. The summed E-state index contributed by atoms with van der Waals surface area (Å²) >= 11 is 4.87. The molecule has 2 rings (SSSR count). The average molecular weight is 296 g/mol. The molecular weight excluding hydrogens is 286 g/mol. The molecule has 82 valence electrons. The number of nitrogen functional groups attached to an aromatic ring is 1. The molecule has 0 aromatic carbocycles. The topological polar surface area (TPSA) is 51.8 Å². The van der Waals surface area contributed by atoms with Gasteiger partial charge in [-0.3, -0.25) is 0 Å². The van der Waals surface area contributed by atoms with E-state index in [-0.39, 0.29) is 0 Å². The highest BCUT2D eigenvalue weighted by molar-refractivity contribution is 9.10. The minimum atomic E-state index is 0.716. The first-order chi connectivity index (χ1) is 7.65. The van der Waals surface area contributed by atoms with Crippen molar-refractivity contribution in [2.24, 2.45) is 0 Å². The van der Waals surface area contributed by atoms with Crippen LogP contribution in [0.5, 0.6) is 0 Å². The molecule has 0 aliphatic rings. The average Bonchev–Trinajstić information content (AvgIpc) is 2.27. The zero-order valence-corrected chi connectivity index (χ0v) is 11.0. The number of rotatable bonds is 2. The summed E-state index contributed by atoms with van der Waals surface area (Å²) in [7, 11) is 0. The van der Waals surface area contributed by atoms with Gasteiger partial charge in [-0.1, -0.05) is 11.8 Å². The van der Waals surface area contributed by atoms with Crippen LogP contribution >= 0.6 is 27.7 Å². The van der Waals surface area contributed by atoms with Crippen LogP contribution in [0.3, 0.4) is 0 Å². The van der Waals surface area contributed by atoms with Crippen LogP contribution in [-0.4, -0.2) is 9.97 Å². The summed E-state index contributed by atoms with van der Waals surface area (Å²) in [6.45, 7) is 1.90. The van der Waals surface area contributed by atoms with E-state index in [1.54, 1.807) is 6.20 Å². The van der Waals surface area contributed by atoms with Gasteiger partial charge in [-0.05, 0) is 47.1 Å². The normalized spacial score (nSPS) is 10.4. The van der Waals surface area contributed by atoms with Gasteiger partial charge >= 0.3 is 0 Å². The number of aromatic nitrogens is 2. The molecular formula is C11H10BrN3S. The molecule has 5 heteroatoms. The first kappa shape index (κ1) is 11.4. The largest absolute Gasteiger partial charge is 0.397 e. The van der Waals surface area contributed by atoms with Gasteiger partial charge in [0.2, 0.25) is 0 Å². The predicted octanol–water partition coefficient (Wildman–Crippen LogP) is 3.28. The Morgan fingerprint density at radius 1 is 1.19 bits per heavy atom. The van der Waals surface area contributed by atoms with Crippen molar-refractivity contribution in [1.82, 2.24) is 9.97 Å². The Morgan fingerprint density at radius 3 is 2.56 bits per heavy atom. The van der Waals surface area contributed by atoms with Gasteiger partial charge in [-0.2, -0.15) is 0 Å². The Hall–Kier alpha value is -1.07. The molecule has 16 heavy (non-hydrogen) atoms. The third kappa shape index (κ3) is 2.74. The number of hydrogen-bond acceptors (Lipinski definition) is 4. The number of hydrogen-bond donors (Lipinski definition) is 1. The van der Waals surface area contributed by atoms with Crippen LogP contribution < -0.4 is 5.73 Å². The first-order valence-electron chi connectivity index (χ1n) is 4.67. The van der Waals surface area contributed by atoms with Gasteiger partial charge in [-0.15, -0.1) is 0 Å². The van der Waals surface area contributed by atoms with Gasteiger partial charge < -0.3 is 5.73 Å². The monoisotopic (exact) mass is 295 g/mol. The number of aryl methyl sites for hydroxylation is 1. The van der Waals surface area contributed by atoms with Crippen LogP contribution in [0.2, 0.25) is 0 Å². The van der Waals surface area contributed by atoms with Crippen LogP contribution in [0.25, 0.3) is 0 Å². The fourth-order valence-electron chi connectivity index (χ4n) is 1.14. The van der Waals surface area contributed by atoms with Gasteiger partial charge in [0, 0.05) is 10.7 Å². The Labute approximate surface area is 107 Å². The number of anilines is 1. The summed E-state index contributed by atoms with van der Waals surface area (Å²) in [5.41, 5.74) is 7.27. The van der Waals surface area contributed by atoms with Crippen LogP contribution in [-0.2, 0) is 0 Å². The minimum absolute atomic E-state index is 0.716. The van der Waals surface area contributed by atoms with E-state index in [9.17, 15) is 0 Å². The third-order valence-electron chi connectivity index (χ3n) is 2.01. The van der Waals surface area contributed by atoms with Crippen molar-refractivity contribution in [2.45, 2.75) is 17.0 Å². The lowest BCUT2D eigenvalue weighted by atomic mass is 10.3. The van der Waals surface area contributed by atoms with E-state index in [0.717, 1.165) is 20.2 Å². The Kier molecular flexibility index (Phi) is 3.46. The molecule has 0 spiro atoms. The maximum atomic E-state index is 5.71. The molecule has 0 saturated heterocycles. The molecule has 2 aromatic heterocycles. The SMILES string of the molecule is Cc1nc(Sc2ccc(Br)cn2)ccc1N. The zero-order chi connectivity index (χ0) is 11.5. The van der Waals surface area contributed by atoms with E-state index in [1.807, 2.05) is 31.2 Å². The lowest BCUT2D eigenvalue weighted by molar-refractivity contribution is 1.05. The fourth-order valence-corrected chi connectivity index (χ4v) is 2.14. The van der Waals surface area contributed by atoms with Crippen molar-refractivity contribution in [3.05, 3.63) is 40.6 Å². The number of halogens is 1. The quantitative estimate of drug-likeness (QED) is 0.924. The summed E-state index contributed by atoms with van der Waals surface area (Å²) in [6, 6.07) is 7.67. The molecule has 3 nitrogen and oxygen atoms in total. The van der Waals surface area contributed by atoms with E-state index in [1.165, 1.54) is 11.8 Å². The van der Waals surface area contributed by atoms with Crippen molar-refractivity contribution in [2.75, 3.05) is 5.73 Å². The third-order valence-corrected chi connectivity index (χ3v) is 3.37. The fraction of sp³-hybridized carbons (Fsp3) is 0.0909. The van der Waals surface area contributed by atoms with E-state index >= 15 is 0 Å². The minimum Gasteiger partial charge on any atom is -0.397 e. The molecule has 0 radical (unpaired) electrons. The highest BCUT2D eigenvalue weighted by atomic mass is 79.9. The van der Waals surface area contributed by atoms with Crippen molar-refractivity contribution in [3.63, 3.8) is 0 Å². The molecule has 0 atom stereocenters. The molecule has 2 heterocycles. The Balaban J connectivity index is 2.20. The van der Waals surface area contributed by atoms with Crippen molar-refractivity contribution < 1.29 is 0 Å². The van der Waals surface area contributed by atoms with Crippen LogP contribution in [0, 0.1) is 6.92 Å². The van der Waals surface area contributed by atoms with E-state index < -0.39 is 0 Å². The molecule has 2 aromatic rings.